The number of aromatic nitrogens is 4. The molecule has 1 amide bonds. The van der Waals surface area contributed by atoms with E-state index in [-0.39, 0.29) is 11.5 Å². The van der Waals surface area contributed by atoms with Crippen LogP contribution in [0.3, 0.4) is 0 Å². The summed E-state index contributed by atoms with van der Waals surface area (Å²) in [5.74, 6) is 0.513. The van der Waals surface area contributed by atoms with Gasteiger partial charge in [-0.3, -0.25) is 20.0 Å². The van der Waals surface area contributed by atoms with Crippen LogP contribution in [0, 0.1) is 0 Å². The number of aromatic amines is 2. The third-order valence-electron chi connectivity index (χ3n) is 4.31. The van der Waals surface area contributed by atoms with Crippen LogP contribution in [0.2, 0.25) is 0 Å². The lowest BCUT2D eigenvalue weighted by Gasteiger charge is -2.04. The standard InChI is InChI=1S/C21H17N5O3/c1-29-17-10-6-5-9-14(17)18-23-21(26-25-18)24-20(28)15-11-12-16(22-19(15)27)13-7-3-2-4-8-13/h2-12H,1H3,(H,22,27)(H2,23,24,25,26,28). The average Bonchev–Trinajstić information content (AvgIpc) is 3.22. The summed E-state index contributed by atoms with van der Waals surface area (Å²) in [6.07, 6.45) is 0. The van der Waals surface area contributed by atoms with Gasteiger partial charge in [-0.1, -0.05) is 42.5 Å². The van der Waals surface area contributed by atoms with E-state index in [1.807, 2.05) is 48.5 Å². The Balaban J connectivity index is 1.55. The highest BCUT2D eigenvalue weighted by Crippen LogP contribution is 2.27. The van der Waals surface area contributed by atoms with Gasteiger partial charge in [0.25, 0.3) is 11.5 Å². The van der Waals surface area contributed by atoms with Crippen molar-refractivity contribution >= 4 is 11.9 Å². The molecule has 8 heteroatoms. The first kappa shape index (κ1) is 18.2. The van der Waals surface area contributed by atoms with E-state index in [2.05, 4.69) is 25.5 Å². The number of hydrogen-bond donors (Lipinski definition) is 3. The minimum Gasteiger partial charge on any atom is -0.496 e. The summed E-state index contributed by atoms with van der Waals surface area (Å²) in [5.41, 5.74) is 1.65. The highest BCUT2D eigenvalue weighted by atomic mass is 16.5. The molecular weight excluding hydrogens is 370 g/mol. The van der Waals surface area contributed by atoms with Crippen molar-refractivity contribution in [3.8, 4) is 28.4 Å². The van der Waals surface area contributed by atoms with E-state index in [0.717, 1.165) is 5.56 Å². The topological polar surface area (TPSA) is 113 Å². The van der Waals surface area contributed by atoms with Crippen molar-refractivity contribution in [2.75, 3.05) is 12.4 Å². The molecule has 0 aliphatic heterocycles. The number of rotatable bonds is 5. The molecule has 29 heavy (non-hydrogen) atoms. The van der Waals surface area contributed by atoms with Gasteiger partial charge in [-0.05, 0) is 29.8 Å². The minimum absolute atomic E-state index is 0.0340. The Morgan fingerprint density at radius 2 is 1.76 bits per heavy atom. The predicted molar refractivity (Wildman–Crippen MR) is 109 cm³/mol. The molecule has 144 valence electrons. The summed E-state index contributed by atoms with van der Waals surface area (Å²) in [5, 5.41) is 9.28. The lowest BCUT2D eigenvalue weighted by Crippen LogP contribution is -2.23. The van der Waals surface area contributed by atoms with Gasteiger partial charge in [0, 0.05) is 5.69 Å². The number of benzene rings is 2. The van der Waals surface area contributed by atoms with Crippen molar-refractivity contribution in [1.29, 1.82) is 0 Å². The van der Waals surface area contributed by atoms with E-state index in [9.17, 15) is 9.59 Å². The molecule has 0 radical (unpaired) electrons. The molecule has 0 atom stereocenters. The number of carbonyl (C=O) groups excluding carboxylic acids is 1. The molecule has 3 N–H and O–H groups in total. The van der Waals surface area contributed by atoms with Crippen LogP contribution in [0.5, 0.6) is 5.75 Å². The Hall–Kier alpha value is -4.20. The number of carbonyl (C=O) groups is 1. The van der Waals surface area contributed by atoms with Gasteiger partial charge in [-0.25, -0.2) is 0 Å². The monoisotopic (exact) mass is 387 g/mol. The zero-order chi connectivity index (χ0) is 20.2. The van der Waals surface area contributed by atoms with Gasteiger partial charge in [0.15, 0.2) is 5.82 Å². The number of H-pyrrole nitrogens is 2. The van der Waals surface area contributed by atoms with Crippen LogP contribution in [0.25, 0.3) is 22.6 Å². The molecular formula is C21H17N5O3. The number of para-hydroxylation sites is 1. The Labute approximate surface area is 165 Å². The highest BCUT2D eigenvalue weighted by Gasteiger charge is 2.16. The van der Waals surface area contributed by atoms with Crippen molar-refractivity contribution in [3.63, 3.8) is 0 Å². The normalized spacial score (nSPS) is 10.5. The maximum absolute atomic E-state index is 12.5. The number of pyridine rings is 1. The van der Waals surface area contributed by atoms with Crippen molar-refractivity contribution in [3.05, 3.63) is 82.6 Å². The molecule has 4 aromatic rings. The van der Waals surface area contributed by atoms with Gasteiger partial charge < -0.3 is 9.72 Å². The van der Waals surface area contributed by atoms with E-state index in [1.165, 1.54) is 6.07 Å². The zero-order valence-electron chi connectivity index (χ0n) is 15.5. The summed E-state index contributed by atoms with van der Waals surface area (Å²) in [6.45, 7) is 0. The highest BCUT2D eigenvalue weighted by molar-refractivity contribution is 6.03. The van der Waals surface area contributed by atoms with Crippen LogP contribution in [0.15, 0.2) is 71.5 Å². The van der Waals surface area contributed by atoms with Crippen LogP contribution >= 0.6 is 0 Å². The Morgan fingerprint density at radius 1 is 1.00 bits per heavy atom. The summed E-state index contributed by atoms with van der Waals surface area (Å²) >= 11 is 0. The molecule has 0 saturated carbocycles. The third-order valence-corrected chi connectivity index (χ3v) is 4.31. The lowest BCUT2D eigenvalue weighted by atomic mass is 10.1. The molecule has 0 saturated heterocycles. The second-order valence-electron chi connectivity index (χ2n) is 6.14. The van der Waals surface area contributed by atoms with Gasteiger partial charge in [-0.2, -0.15) is 4.98 Å². The lowest BCUT2D eigenvalue weighted by molar-refractivity contribution is 0.102. The van der Waals surface area contributed by atoms with Crippen LogP contribution in [0.1, 0.15) is 10.4 Å². The number of ether oxygens (including phenoxy) is 1. The van der Waals surface area contributed by atoms with Gasteiger partial charge in [0.05, 0.1) is 12.7 Å². The average molecular weight is 387 g/mol. The number of amides is 1. The molecule has 8 nitrogen and oxygen atoms in total. The fourth-order valence-corrected chi connectivity index (χ4v) is 2.89. The number of nitrogens with zero attached hydrogens (tertiary/aromatic N) is 2. The molecule has 0 bridgehead atoms. The summed E-state index contributed by atoms with van der Waals surface area (Å²) < 4.78 is 5.30. The Bertz CT molecular complexity index is 1210. The summed E-state index contributed by atoms with van der Waals surface area (Å²) in [7, 11) is 1.56. The van der Waals surface area contributed by atoms with E-state index in [0.29, 0.717) is 22.8 Å². The number of methoxy groups -OCH3 is 1. The number of hydrogen-bond acceptors (Lipinski definition) is 5. The molecule has 4 rings (SSSR count). The Morgan fingerprint density at radius 3 is 2.52 bits per heavy atom. The van der Waals surface area contributed by atoms with E-state index in [1.54, 1.807) is 19.2 Å². The fourth-order valence-electron chi connectivity index (χ4n) is 2.89. The molecule has 0 spiro atoms. The van der Waals surface area contributed by atoms with Gasteiger partial charge in [0.2, 0.25) is 5.95 Å². The van der Waals surface area contributed by atoms with Crippen LogP contribution < -0.4 is 15.6 Å². The van der Waals surface area contributed by atoms with Crippen molar-refractivity contribution in [2.24, 2.45) is 0 Å². The van der Waals surface area contributed by atoms with Gasteiger partial charge in [0.1, 0.15) is 11.3 Å². The number of nitrogens with one attached hydrogen (secondary N) is 3. The fraction of sp³-hybridized carbons (Fsp3) is 0.0476. The third kappa shape index (κ3) is 3.77. The predicted octanol–water partition coefficient (Wildman–Crippen LogP) is 3.09. The first-order valence-corrected chi connectivity index (χ1v) is 8.81. The van der Waals surface area contributed by atoms with Gasteiger partial charge >= 0.3 is 0 Å². The molecule has 2 aromatic heterocycles. The first-order chi connectivity index (χ1) is 14.2. The molecule has 0 aliphatic carbocycles. The minimum atomic E-state index is -0.601. The smallest absolute Gasteiger partial charge is 0.263 e. The van der Waals surface area contributed by atoms with Crippen LogP contribution in [0.4, 0.5) is 5.95 Å². The van der Waals surface area contributed by atoms with Crippen LogP contribution in [-0.4, -0.2) is 33.2 Å². The van der Waals surface area contributed by atoms with Crippen molar-refractivity contribution < 1.29 is 9.53 Å². The second kappa shape index (κ2) is 7.81. The van der Waals surface area contributed by atoms with E-state index >= 15 is 0 Å². The first-order valence-electron chi connectivity index (χ1n) is 8.81. The van der Waals surface area contributed by atoms with Gasteiger partial charge in [-0.15, -0.1) is 5.10 Å². The quantitative estimate of drug-likeness (QED) is 0.487. The molecule has 2 heterocycles. The van der Waals surface area contributed by atoms with Crippen molar-refractivity contribution in [2.45, 2.75) is 0 Å². The van der Waals surface area contributed by atoms with E-state index in [4.69, 9.17) is 4.74 Å². The van der Waals surface area contributed by atoms with Crippen LogP contribution in [-0.2, 0) is 0 Å². The second-order valence-corrected chi connectivity index (χ2v) is 6.14. The van der Waals surface area contributed by atoms with Crippen molar-refractivity contribution in [1.82, 2.24) is 20.2 Å². The SMILES string of the molecule is COc1ccccc1-c1nc(NC(=O)c2ccc(-c3ccccc3)[nH]c2=O)n[nH]1. The van der Waals surface area contributed by atoms with E-state index < -0.39 is 11.5 Å². The maximum atomic E-state index is 12.5. The molecule has 0 aliphatic rings. The Kier molecular flexibility index (Phi) is 4.90. The molecule has 0 unspecified atom stereocenters. The summed E-state index contributed by atoms with van der Waals surface area (Å²) in [4.78, 5) is 31.9. The molecule has 0 fully saturated rings. The largest absolute Gasteiger partial charge is 0.496 e. The maximum Gasteiger partial charge on any atom is 0.263 e. The molecule has 2 aromatic carbocycles. The summed E-state index contributed by atoms with van der Waals surface area (Å²) in [6, 6.07) is 19.8. The zero-order valence-corrected chi connectivity index (χ0v) is 15.5. The number of anilines is 1.